The number of methoxy groups -OCH3 is 1. The van der Waals surface area contributed by atoms with Gasteiger partial charge in [0.05, 0.1) is 23.7 Å². The molecule has 7 heteroatoms. The van der Waals surface area contributed by atoms with Gasteiger partial charge in [0, 0.05) is 23.0 Å². The Labute approximate surface area is 192 Å². The Morgan fingerprint density at radius 2 is 1.91 bits per heavy atom. The second-order valence-electron chi connectivity index (χ2n) is 8.73. The van der Waals surface area contributed by atoms with Crippen molar-refractivity contribution >= 4 is 33.4 Å². The number of aromatic nitrogens is 2. The van der Waals surface area contributed by atoms with Crippen molar-refractivity contribution in [2.45, 2.75) is 40.7 Å². The van der Waals surface area contributed by atoms with E-state index >= 15 is 0 Å². The molecule has 0 atom stereocenters. The zero-order chi connectivity index (χ0) is 23.7. The third-order valence-corrected chi connectivity index (χ3v) is 5.71. The maximum atomic E-state index is 13.1. The van der Waals surface area contributed by atoms with Gasteiger partial charge in [0.15, 0.2) is 5.69 Å². The highest BCUT2D eigenvalue weighted by Crippen LogP contribution is 2.41. The SMILES string of the molecule is COc1ccc2c(c1)c(N=NC(=O)c1cc(C)nc3ccc(C)cc13)c(O)n2CCC(C)C. The van der Waals surface area contributed by atoms with E-state index in [0.717, 1.165) is 34.1 Å². The molecule has 1 N–H and O–H groups in total. The fourth-order valence-electron chi connectivity index (χ4n) is 3.94. The van der Waals surface area contributed by atoms with Crippen molar-refractivity contribution in [3.05, 3.63) is 59.3 Å². The summed E-state index contributed by atoms with van der Waals surface area (Å²) in [5.74, 6) is 0.611. The molecule has 0 bridgehead atoms. The van der Waals surface area contributed by atoms with Crippen molar-refractivity contribution in [1.29, 1.82) is 0 Å². The standard InChI is InChI=1S/C26H28N4O3/c1-15(2)10-11-30-23-9-7-18(33-5)14-21(23)24(26(30)32)28-29-25(31)20-13-17(4)27-22-8-6-16(3)12-19(20)22/h6-9,12-15,32H,10-11H2,1-5H3. The Balaban J connectivity index is 1.79. The van der Waals surface area contributed by atoms with E-state index in [1.807, 2.05) is 48.7 Å². The van der Waals surface area contributed by atoms with E-state index in [4.69, 9.17) is 4.74 Å². The average Bonchev–Trinajstić information content (AvgIpc) is 3.05. The highest BCUT2D eigenvalue weighted by molar-refractivity contribution is 6.07. The first-order chi connectivity index (χ1) is 15.8. The number of ether oxygens (including phenoxy) is 1. The Kier molecular flexibility index (Phi) is 6.14. The molecule has 0 aliphatic carbocycles. The first-order valence-electron chi connectivity index (χ1n) is 11.0. The van der Waals surface area contributed by atoms with Crippen LogP contribution in [0.1, 0.15) is 41.9 Å². The highest BCUT2D eigenvalue weighted by atomic mass is 16.5. The Morgan fingerprint density at radius 3 is 2.64 bits per heavy atom. The average molecular weight is 445 g/mol. The Bertz CT molecular complexity index is 1390. The topological polar surface area (TPSA) is 89.1 Å². The van der Waals surface area contributed by atoms with Crippen LogP contribution in [0.2, 0.25) is 0 Å². The molecule has 1 amide bonds. The lowest BCUT2D eigenvalue weighted by Crippen LogP contribution is -2.00. The molecule has 0 saturated carbocycles. The number of benzene rings is 2. The number of aryl methyl sites for hydroxylation is 3. The largest absolute Gasteiger partial charge is 0.497 e. The lowest BCUT2D eigenvalue weighted by Gasteiger charge is -2.09. The van der Waals surface area contributed by atoms with Gasteiger partial charge in [-0.05, 0) is 62.6 Å². The number of aromatic hydroxyl groups is 1. The Morgan fingerprint density at radius 1 is 1.12 bits per heavy atom. The minimum atomic E-state index is -0.485. The minimum absolute atomic E-state index is 0.0120. The summed E-state index contributed by atoms with van der Waals surface area (Å²) in [5.41, 5.74) is 3.99. The Hall–Kier alpha value is -3.74. The molecule has 0 saturated heterocycles. The molecule has 0 spiro atoms. The summed E-state index contributed by atoms with van der Waals surface area (Å²) in [5, 5.41) is 20.6. The summed E-state index contributed by atoms with van der Waals surface area (Å²) in [6.45, 7) is 8.70. The van der Waals surface area contributed by atoms with Crippen LogP contribution in [-0.4, -0.2) is 27.7 Å². The first-order valence-corrected chi connectivity index (χ1v) is 11.0. The molecule has 0 aliphatic rings. The van der Waals surface area contributed by atoms with Crippen LogP contribution in [0.4, 0.5) is 5.69 Å². The monoisotopic (exact) mass is 444 g/mol. The summed E-state index contributed by atoms with van der Waals surface area (Å²) < 4.78 is 7.16. The number of rotatable bonds is 6. The van der Waals surface area contributed by atoms with Crippen LogP contribution in [0.3, 0.4) is 0 Å². The minimum Gasteiger partial charge on any atom is -0.497 e. The molecule has 2 aromatic carbocycles. The fraction of sp³-hybridized carbons (Fsp3) is 0.308. The van der Waals surface area contributed by atoms with E-state index < -0.39 is 5.91 Å². The summed E-state index contributed by atoms with van der Waals surface area (Å²) >= 11 is 0. The number of azo groups is 1. The van der Waals surface area contributed by atoms with Crippen molar-refractivity contribution in [2.75, 3.05) is 7.11 Å². The van der Waals surface area contributed by atoms with Gasteiger partial charge >= 0.3 is 0 Å². The molecule has 4 rings (SSSR count). The lowest BCUT2D eigenvalue weighted by atomic mass is 10.1. The molecule has 0 fully saturated rings. The van der Waals surface area contributed by atoms with Gasteiger partial charge in [-0.1, -0.05) is 25.5 Å². The summed E-state index contributed by atoms with van der Waals surface area (Å²) in [4.78, 5) is 17.6. The third-order valence-electron chi connectivity index (χ3n) is 5.71. The van der Waals surface area contributed by atoms with Crippen LogP contribution in [0.15, 0.2) is 52.7 Å². The number of hydrogen-bond acceptors (Lipinski definition) is 5. The van der Waals surface area contributed by atoms with Crippen molar-refractivity contribution < 1.29 is 14.6 Å². The zero-order valence-corrected chi connectivity index (χ0v) is 19.6. The van der Waals surface area contributed by atoms with Crippen LogP contribution in [0, 0.1) is 19.8 Å². The number of nitrogens with zero attached hydrogens (tertiary/aromatic N) is 4. The van der Waals surface area contributed by atoms with Gasteiger partial charge in [0.1, 0.15) is 5.75 Å². The van der Waals surface area contributed by atoms with Gasteiger partial charge in [-0.2, -0.15) is 0 Å². The molecule has 0 aliphatic heterocycles. The summed E-state index contributed by atoms with van der Waals surface area (Å²) in [6, 6.07) is 13.0. The maximum absolute atomic E-state index is 13.1. The molecule has 0 radical (unpaired) electrons. The van der Waals surface area contributed by atoms with Crippen LogP contribution in [-0.2, 0) is 6.54 Å². The highest BCUT2D eigenvalue weighted by Gasteiger charge is 2.19. The smallest absolute Gasteiger partial charge is 0.296 e. The molecule has 2 aromatic heterocycles. The number of hydrogen-bond donors (Lipinski definition) is 1. The van der Waals surface area contributed by atoms with Gasteiger partial charge in [-0.25, -0.2) is 0 Å². The fourth-order valence-corrected chi connectivity index (χ4v) is 3.94. The number of fused-ring (bicyclic) bond motifs is 2. The van der Waals surface area contributed by atoms with Crippen molar-refractivity contribution in [1.82, 2.24) is 9.55 Å². The van der Waals surface area contributed by atoms with E-state index in [9.17, 15) is 9.90 Å². The first kappa shape index (κ1) is 22.5. The van der Waals surface area contributed by atoms with E-state index in [-0.39, 0.29) is 11.6 Å². The second-order valence-corrected chi connectivity index (χ2v) is 8.73. The quantitative estimate of drug-likeness (QED) is 0.344. The zero-order valence-electron chi connectivity index (χ0n) is 19.6. The maximum Gasteiger partial charge on any atom is 0.296 e. The predicted octanol–water partition coefficient (Wildman–Crippen LogP) is 6.49. The number of carbonyl (C=O) groups excluding carboxylic acids is 1. The van der Waals surface area contributed by atoms with Gasteiger partial charge < -0.3 is 14.4 Å². The molecule has 7 nitrogen and oxygen atoms in total. The van der Waals surface area contributed by atoms with Crippen LogP contribution in [0.5, 0.6) is 11.6 Å². The molecule has 170 valence electrons. The molecular formula is C26H28N4O3. The van der Waals surface area contributed by atoms with Crippen molar-refractivity contribution in [3.63, 3.8) is 0 Å². The van der Waals surface area contributed by atoms with Gasteiger partial charge in [0.2, 0.25) is 5.88 Å². The van der Waals surface area contributed by atoms with Crippen molar-refractivity contribution in [3.8, 4) is 11.6 Å². The number of pyridine rings is 1. The van der Waals surface area contributed by atoms with E-state index in [2.05, 4.69) is 29.1 Å². The summed E-state index contributed by atoms with van der Waals surface area (Å²) in [7, 11) is 1.58. The normalized spacial score (nSPS) is 11.8. The lowest BCUT2D eigenvalue weighted by molar-refractivity contribution is 0.0996. The van der Waals surface area contributed by atoms with E-state index in [1.54, 1.807) is 19.2 Å². The molecule has 4 aromatic rings. The molecule has 2 heterocycles. The molecular weight excluding hydrogens is 416 g/mol. The summed E-state index contributed by atoms with van der Waals surface area (Å²) in [6.07, 6.45) is 0.889. The van der Waals surface area contributed by atoms with Crippen LogP contribution >= 0.6 is 0 Å². The second kappa shape index (κ2) is 9.02. The van der Waals surface area contributed by atoms with Crippen LogP contribution in [0.25, 0.3) is 21.8 Å². The van der Waals surface area contributed by atoms with E-state index in [0.29, 0.717) is 29.2 Å². The van der Waals surface area contributed by atoms with Crippen LogP contribution < -0.4 is 4.74 Å². The number of amides is 1. The van der Waals surface area contributed by atoms with Crippen molar-refractivity contribution in [2.24, 2.45) is 16.1 Å². The number of carbonyl (C=O) groups is 1. The third kappa shape index (κ3) is 4.44. The van der Waals surface area contributed by atoms with E-state index in [1.165, 1.54) is 0 Å². The molecule has 0 unspecified atom stereocenters. The molecule has 33 heavy (non-hydrogen) atoms. The van der Waals surface area contributed by atoms with Gasteiger partial charge in [-0.3, -0.25) is 9.78 Å². The van der Waals surface area contributed by atoms with Gasteiger partial charge in [-0.15, -0.1) is 10.2 Å². The predicted molar refractivity (Wildman–Crippen MR) is 130 cm³/mol. The van der Waals surface area contributed by atoms with Gasteiger partial charge in [0.25, 0.3) is 5.91 Å².